The zero-order valence-electron chi connectivity index (χ0n) is 22.2. The number of hydrogen-bond donors (Lipinski definition) is 1. The number of likely N-dealkylation sites (N-methyl/N-ethyl adjacent to an activating group) is 1. The van der Waals surface area contributed by atoms with Gasteiger partial charge in [0.05, 0.1) is 11.2 Å². The van der Waals surface area contributed by atoms with E-state index in [0.29, 0.717) is 12.3 Å². The van der Waals surface area contributed by atoms with Gasteiger partial charge in [-0.05, 0) is 55.4 Å². The fourth-order valence-electron chi connectivity index (χ4n) is 5.65. The van der Waals surface area contributed by atoms with Crippen LogP contribution in [0, 0.1) is 0 Å². The smallest absolute Gasteiger partial charge is 0.326 e. The van der Waals surface area contributed by atoms with Crippen LogP contribution in [0.3, 0.4) is 0 Å². The SMILES string of the molecule is CN1CCN(c2ccnc3cc4c(cc23)N(C(=O)Nc2cccc3c(Oc5ncccn5)cccc23)CC4)CC1. The van der Waals surface area contributed by atoms with Crippen LogP contribution >= 0.6 is 0 Å². The van der Waals surface area contributed by atoms with E-state index in [4.69, 9.17) is 4.74 Å². The van der Waals surface area contributed by atoms with Gasteiger partial charge in [0.15, 0.2) is 0 Å². The van der Waals surface area contributed by atoms with Crippen molar-refractivity contribution in [3.8, 4) is 11.8 Å². The normalized spacial score (nSPS) is 15.4. The molecule has 0 spiro atoms. The molecule has 7 rings (SSSR count). The number of carbonyl (C=O) groups excluding carboxylic acids is 1. The number of amides is 2. The molecular formula is C31H29N7O2. The Balaban J connectivity index is 1.19. The van der Waals surface area contributed by atoms with Gasteiger partial charge in [-0.25, -0.2) is 14.8 Å². The summed E-state index contributed by atoms with van der Waals surface area (Å²) in [6, 6.07) is 19.8. The third-order valence-corrected chi connectivity index (χ3v) is 7.77. The lowest BCUT2D eigenvalue weighted by Gasteiger charge is -2.34. The van der Waals surface area contributed by atoms with E-state index < -0.39 is 0 Å². The minimum Gasteiger partial charge on any atom is -0.424 e. The average Bonchev–Trinajstić information content (AvgIpc) is 3.40. The van der Waals surface area contributed by atoms with Crippen LogP contribution in [0.4, 0.5) is 21.9 Å². The van der Waals surface area contributed by atoms with Gasteiger partial charge < -0.3 is 19.9 Å². The lowest BCUT2D eigenvalue weighted by molar-refractivity contribution is 0.257. The van der Waals surface area contributed by atoms with E-state index in [1.807, 2.05) is 47.5 Å². The molecule has 2 aromatic heterocycles. The Morgan fingerprint density at radius 1 is 0.800 bits per heavy atom. The number of urea groups is 1. The van der Waals surface area contributed by atoms with Crippen molar-refractivity contribution in [3.05, 3.63) is 84.8 Å². The molecule has 2 amide bonds. The summed E-state index contributed by atoms with van der Waals surface area (Å²) in [5, 5.41) is 5.99. The molecule has 1 N–H and O–H groups in total. The van der Waals surface area contributed by atoms with Gasteiger partial charge >= 0.3 is 12.0 Å². The first-order valence-corrected chi connectivity index (χ1v) is 13.5. The standard InChI is InChI=1S/C31H29N7O2/c1-36-15-17-37(18-16-36)27-9-13-32-26-19-21-10-14-38(28(21)20-24(26)27)31(39)35-25-7-2-6-23-22(25)5-3-8-29(23)40-30-33-11-4-12-34-30/h2-9,11-13,19-20H,10,14-18H2,1H3,(H,35,39). The average molecular weight is 532 g/mol. The second-order valence-electron chi connectivity index (χ2n) is 10.2. The lowest BCUT2D eigenvalue weighted by atomic mass is 10.1. The monoisotopic (exact) mass is 531 g/mol. The topological polar surface area (TPSA) is 86.7 Å². The molecule has 5 aromatic rings. The maximum absolute atomic E-state index is 13.7. The van der Waals surface area contributed by atoms with E-state index in [1.165, 1.54) is 5.69 Å². The molecule has 200 valence electrons. The van der Waals surface area contributed by atoms with Crippen molar-refractivity contribution in [2.24, 2.45) is 0 Å². The third kappa shape index (κ3) is 4.44. The minimum absolute atomic E-state index is 0.159. The number of benzene rings is 3. The first kappa shape index (κ1) is 24.3. The zero-order chi connectivity index (χ0) is 27.1. The van der Waals surface area contributed by atoms with Crippen LogP contribution in [0.5, 0.6) is 11.8 Å². The Morgan fingerprint density at radius 3 is 2.45 bits per heavy atom. The molecule has 3 aromatic carbocycles. The number of fused-ring (bicyclic) bond motifs is 3. The molecule has 0 radical (unpaired) electrons. The molecule has 0 unspecified atom stereocenters. The quantitative estimate of drug-likeness (QED) is 0.336. The number of ether oxygens (including phenoxy) is 1. The summed E-state index contributed by atoms with van der Waals surface area (Å²) in [7, 11) is 2.16. The van der Waals surface area contributed by atoms with Crippen molar-refractivity contribution in [3.63, 3.8) is 0 Å². The third-order valence-electron chi connectivity index (χ3n) is 7.77. The number of rotatable bonds is 4. The van der Waals surface area contributed by atoms with Gasteiger partial charge in [-0.2, -0.15) is 0 Å². The van der Waals surface area contributed by atoms with E-state index in [9.17, 15) is 4.79 Å². The largest absolute Gasteiger partial charge is 0.424 e. The highest BCUT2D eigenvalue weighted by Gasteiger charge is 2.27. The molecule has 0 saturated carbocycles. The summed E-state index contributed by atoms with van der Waals surface area (Å²) in [6.45, 7) is 4.62. The van der Waals surface area contributed by atoms with E-state index >= 15 is 0 Å². The summed E-state index contributed by atoms with van der Waals surface area (Å²) >= 11 is 0. The molecule has 9 nitrogen and oxygen atoms in total. The van der Waals surface area contributed by atoms with Gasteiger partial charge in [0.25, 0.3) is 0 Å². The molecule has 0 atom stereocenters. The second kappa shape index (κ2) is 10.1. The van der Waals surface area contributed by atoms with Gasteiger partial charge in [0.1, 0.15) is 5.75 Å². The fourth-order valence-corrected chi connectivity index (χ4v) is 5.65. The molecule has 9 heteroatoms. The van der Waals surface area contributed by atoms with Crippen molar-refractivity contribution in [1.82, 2.24) is 19.9 Å². The Labute approximate surface area is 232 Å². The molecule has 2 aliphatic rings. The van der Waals surface area contributed by atoms with Gasteiger partial charge in [-0.1, -0.05) is 24.3 Å². The molecule has 40 heavy (non-hydrogen) atoms. The summed E-state index contributed by atoms with van der Waals surface area (Å²) in [4.78, 5) is 33.3. The summed E-state index contributed by atoms with van der Waals surface area (Å²) in [6.07, 6.45) is 5.97. The summed E-state index contributed by atoms with van der Waals surface area (Å²) in [5.74, 6) is 0.627. The number of aromatic nitrogens is 3. The van der Waals surface area contributed by atoms with Gasteiger partial charge in [0, 0.05) is 78.8 Å². The van der Waals surface area contributed by atoms with Crippen molar-refractivity contribution < 1.29 is 9.53 Å². The number of pyridine rings is 1. The van der Waals surface area contributed by atoms with Crippen LogP contribution in [0.1, 0.15) is 5.56 Å². The first-order chi connectivity index (χ1) is 19.6. The Kier molecular flexibility index (Phi) is 6.13. The van der Waals surface area contributed by atoms with Crippen LogP contribution in [0.15, 0.2) is 79.3 Å². The highest BCUT2D eigenvalue weighted by molar-refractivity contribution is 6.10. The molecule has 1 fully saturated rings. The van der Waals surface area contributed by atoms with Gasteiger partial charge in [0.2, 0.25) is 0 Å². The molecule has 0 bridgehead atoms. The van der Waals surface area contributed by atoms with Gasteiger partial charge in [-0.15, -0.1) is 0 Å². The highest BCUT2D eigenvalue weighted by atomic mass is 16.5. The number of nitrogens with one attached hydrogen (secondary N) is 1. The predicted molar refractivity (Wildman–Crippen MR) is 158 cm³/mol. The Hall–Kier alpha value is -4.76. The number of nitrogens with zero attached hydrogens (tertiary/aromatic N) is 6. The molecule has 2 aliphatic heterocycles. The zero-order valence-corrected chi connectivity index (χ0v) is 22.2. The molecular weight excluding hydrogens is 502 g/mol. The Bertz CT molecular complexity index is 1720. The first-order valence-electron chi connectivity index (χ1n) is 13.5. The number of carbonyl (C=O) groups is 1. The van der Waals surface area contributed by atoms with Crippen molar-refractivity contribution in [2.75, 3.05) is 54.9 Å². The minimum atomic E-state index is -0.159. The van der Waals surface area contributed by atoms with E-state index in [0.717, 1.165) is 71.2 Å². The Morgan fingerprint density at radius 2 is 1.60 bits per heavy atom. The van der Waals surface area contributed by atoms with Crippen molar-refractivity contribution in [1.29, 1.82) is 0 Å². The van der Waals surface area contributed by atoms with Gasteiger partial charge in [-0.3, -0.25) is 9.88 Å². The fraction of sp³-hybridized carbons (Fsp3) is 0.226. The number of piperazine rings is 1. The maximum Gasteiger partial charge on any atom is 0.326 e. The number of anilines is 3. The van der Waals surface area contributed by atoms with Crippen molar-refractivity contribution in [2.45, 2.75) is 6.42 Å². The summed E-state index contributed by atoms with van der Waals surface area (Å²) in [5.41, 5.74) is 4.95. The molecule has 4 heterocycles. The highest BCUT2D eigenvalue weighted by Crippen LogP contribution is 2.37. The van der Waals surface area contributed by atoms with Crippen LogP contribution in [-0.4, -0.2) is 65.7 Å². The number of hydrogen-bond acceptors (Lipinski definition) is 7. The van der Waals surface area contributed by atoms with E-state index in [2.05, 4.69) is 55.3 Å². The van der Waals surface area contributed by atoms with E-state index in [1.54, 1.807) is 18.5 Å². The van der Waals surface area contributed by atoms with Crippen LogP contribution < -0.4 is 19.9 Å². The molecule has 0 aliphatic carbocycles. The lowest BCUT2D eigenvalue weighted by Crippen LogP contribution is -2.44. The van der Waals surface area contributed by atoms with E-state index in [-0.39, 0.29) is 12.0 Å². The predicted octanol–water partition coefficient (Wildman–Crippen LogP) is 5.32. The van der Waals surface area contributed by atoms with Crippen molar-refractivity contribution >= 4 is 44.8 Å². The van der Waals surface area contributed by atoms with Crippen LogP contribution in [-0.2, 0) is 6.42 Å². The van der Waals surface area contributed by atoms with Crippen LogP contribution in [0.25, 0.3) is 21.7 Å². The van der Waals surface area contributed by atoms with Crippen LogP contribution in [0.2, 0.25) is 0 Å². The molecule has 1 saturated heterocycles. The second-order valence-corrected chi connectivity index (χ2v) is 10.2. The maximum atomic E-state index is 13.7. The summed E-state index contributed by atoms with van der Waals surface area (Å²) < 4.78 is 5.95.